The smallest absolute Gasteiger partial charge is 0.235 e. The maximum Gasteiger partial charge on any atom is 0.235 e. The van der Waals surface area contributed by atoms with E-state index in [-0.39, 0.29) is 0 Å². The molecule has 4 nitrogen and oxygen atoms in total. The summed E-state index contributed by atoms with van der Waals surface area (Å²) in [6.45, 7) is 0. The fraction of sp³-hybridized carbons (Fsp3) is 0.0400. The van der Waals surface area contributed by atoms with Gasteiger partial charge in [0.1, 0.15) is 5.75 Å². The van der Waals surface area contributed by atoms with E-state index in [0.29, 0.717) is 26.6 Å². The first-order valence-corrected chi connectivity index (χ1v) is 10.9. The van der Waals surface area contributed by atoms with E-state index in [1.54, 1.807) is 13.2 Å². The van der Waals surface area contributed by atoms with E-state index in [4.69, 9.17) is 49.5 Å². The van der Waals surface area contributed by atoms with E-state index in [1.165, 1.54) is 0 Å². The minimum absolute atomic E-state index is 0.564. The van der Waals surface area contributed by atoms with Gasteiger partial charge in [-0.05, 0) is 48.5 Å². The number of methoxy groups -OCH3 is 1. The number of ether oxygens (including phenoxy) is 1. The lowest BCUT2D eigenvalue weighted by Gasteiger charge is -2.12. The van der Waals surface area contributed by atoms with Crippen LogP contribution >= 0.6 is 34.8 Å². The molecule has 158 valence electrons. The monoisotopic (exact) mass is 479 g/mol. The van der Waals surface area contributed by atoms with Crippen molar-refractivity contribution in [1.82, 2.24) is 14.4 Å². The molecular formula is C25H16Cl3N3O. The molecule has 32 heavy (non-hydrogen) atoms. The topological polar surface area (TPSA) is 39.4 Å². The number of aromatic nitrogens is 3. The van der Waals surface area contributed by atoms with Crippen molar-refractivity contribution in [3.05, 3.63) is 94.1 Å². The molecule has 0 aliphatic heterocycles. The van der Waals surface area contributed by atoms with E-state index < -0.39 is 0 Å². The maximum absolute atomic E-state index is 6.21. The summed E-state index contributed by atoms with van der Waals surface area (Å²) in [6.07, 6.45) is 1.96. The number of rotatable bonds is 4. The van der Waals surface area contributed by atoms with Crippen molar-refractivity contribution in [1.29, 1.82) is 0 Å². The molecule has 0 unspecified atom stereocenters. The predicted octanol–water partition coefficient (Wildman–Crippen LogP) is 7.70. The molecule has 7 heteroatoms. The van der Waals surface area contributed by atoms with E-state index in [1.807, 2.05) is 77.3 Å². The zero-order chi connectivity index (χ0) is 22.2. The normalized spacial score (nSPS) is 11.1. The Hall–Kier alpha value is -3.05. The second-order valence-corrected chi connectivity index (χ2v) is 8.49. The molecule has 5 aromatic rings. The first-order chi connectivity index (χ1) is 15.5. The molecular weight excluding hydrogens is 465 g/mol. The van der Waals surface area contributed by atoms with Gasteiger partial charge in [0.05, 0.1) is 24.2 Å². The molecule has 0 N–H and O–H groups in total. The van der Waals surface area contributed by atoms with E-state index in [9.17, 15) is 0 Å². The number of nitrogens with zero attached hydrogens (tertiary/aromatic N) is 3. The quantitative estimate of drug-likeness (QED) is 0.264. The first kappa shape index (κ1) is 20.8. The summed E-state index contributed by atoms with van der Waals surface area (Å²) in [5.74, 6) is 1.23. The lowest BCUT2D eigenvalue weighted by molar-refractivity contribution is 0.416. The Morgan fingerprint density at radius 3 is 1.88 bits per heavy atom. The zero-order valence-electron chi connectivity index (χ0n) is 16.9. The standard InChI is InChI=1S/C25H16Cl3N3O/c1-32-24-12-19(28)10-11-20(24)23-13-21(15-2-6-17(26)7-3-15)29-25-30-22(14-31(23)25)16-4-8-18(27)9-5-16/h2-14H,1H3. The van der Waals surface area contributed by atoms with Crippen molar-refractivity contribution in [2.75, 3.05) is 7.11 Å². The van der Waals surface area contributed by atoms with Gasteiger partial charge in [-0.15, -0.1) is 0 Å². The van der Waals surface area contributed by atoms with Crippen LogP contribution in [0, 0.1) is 0 Å². The molecule has 0 spiro atoms. The third-order valence-corrected chi connectivity index (χ3v) is 5.90. The molecule has 0 fully saturated rings. The molecule has 2 heterocycles. The minimum atomic E-state index is 0.564. The third kappa shape index (κ3) is 3.93. The summed E-state index contributed by atoms with van der Waals surface area (Å²) in [5, 5.41) is 1.94. The Morgan fingerprint density at radius 2 is 1.25 bits per heavy atom. The van der Waals surface area contributed by atoms with Crippen LogP contribution < -0.4 is 4.74 Å². The molecule has 0 atom stereocenters. The van der Waals surface area contributed by atoms with E-state index in [0.717, 1.165) is 33.8 Å². The minimum Gasteiger partial charge on any atom is -0.496 e. The number of benzene rings is 3. The fourth-order valence-electron chi connectivity index (χ4n) is 3.58. The van der Waals surface area contributed by atoms with Gasteiger partial charge in [-0.3, -0.25) is 4.40 Å². The van der Waals surface area contributed by atoms with Crippen molar-refractivity contribution in [2.24, 2.45) is 0 Å². The van der Waals surface area contributed by atoms with Gasteiger partial charge in [-0.25, -0.2) is 9.97 Å². The van der Waals surface area contributed by atoms with Gasteiger partial charge in [0.15, 0.2) is 0 Å². The second kappa shape index (κ2) is 8.47. The Bertz CT molecular complexity index is 1430. The predicted molar refractivity (Wildman–Crippen MR) is 131 cm³/mol. The summed E-state index contributed by atoms with van der Waals surface area (Å²) < 4.78 is 7.58. The van der Waals surface area contributed by atoms with Crippen LogP contribution in [0.2, 0.25) is 15.1 Å². The Kier molecular flexibility index (Phi) is 5.51. The first-order valence-electron chi connectivity index (χ1n) is 9.78. The third-order valence-electron chi connectivity index (χ3n) is 5.16. The average molecular weight is 481 g/mol. The molecule has 0 saturated heterocycles. The molecule has 5 rings (SSSR count). The van der Waals surface area contributed by atoms with Gasteiger partial charge >= 0.3 is 0 Å². The summed E-state index contributed by atoms with van der Waals surface area (Å²) in [4.78, 5) is 9.61. The van der Waals surface area contributed by atoms with Crippen molar-refractivity contribution < 1.29 is 4.74 Å². The zero-order valence-corrected chi connectivity index (χ0v) is 19.2. The number of fused-ring (bicyclic) bond motifs is 1. The molecule has 0 amide bonds. The van der Waals surface area contributed by atoms with Crippen LogP contribution in [0.15, 0.2) is 79.0 Å². The highest BCUT2D eigenvalue weighted by atomic mass is 35.5. The number of imidazole rings is 1. The highest BCUT2D eigenvalue weighted by Crippen LogP contribution is 2.35. The van der Waals surface area contributed by atoms with E-state index in [2.05, 4.69) is 0 Å². The van der Waals surface area contributed by atoms with Crippen LogP contribution in [0.4, 0.5) is 0 Å². The van der Waals surface area contributed by atoms with Gasteiger partial charge in [0.25, 0.3) is 0 Å². The van der Waals surface area contributed by atoms with Crippen molar-refractivity contribution >= 4 is 40.6 Å². The van der Waals surface area contributed by atoms with Gasteiger partial charge in [-0.1, -0.05) is 59.1 Å². The molecule has 2 aromatic heterocycles. The Labute approximate surface area is 200 Å². The van der Waals surface area contributed by atoms with Crippen LogP contribution in [0.3, 0.4) is 0 Å². The number of hydrogen-bond acceptors (Lipinski definition) is 3. The van der Waals surface area contributed by atoms with Crippen molar-refractivity contribution in [2.45, 2.75) is 0 Å². The highest BCUT2D eigenvalue weighted by molar-refractivity contribution is 6.31. The van der Waals surface area contributed by atoms with Crippen LogP contribution in [0.25, 0.3) is 39.5 Å². The summed E-state index contributed by atoms with van der Waals surface area (Å²) >= 11 is 18.3. The van der Waals surface area contributed by atoms with Crippen LogP contribution in [0.1, 0.15) is 0 Å². The van der Waals surface area contributed by atoms with Gasteiger partial charge in [0, 0.05) is 38.0 Å². The van der Waals surface area contributed by atoms with Gasteiger partial charge in [0.2, 0.25) is 5.78 Å². The molecule has 0 saturated carbocycles. The Balaban J connectivity index is 1.77. The summed E-state index contributed by atoms with van der Waals surface area (Å²) in [5.41, 5.74) is 5.19. The number of hydrogen-bond donors (Lipinski definition) is 0. The fourth-order valence-corrected chi connectivity index (χ4v) is 3.99. The van der Waals surface area contributed by atoms with Crippen LogP contribution in [-0.2, 0) is 0 Å². The average Bonchev–Trinajstić information content (AvgIpc) is 3.23. The van der Waals surface area contributed by atoms with Gasteiger partial charge in [-0.2, -0.15) is 0 Å². The molecule has 0 aliphatic rings. The largest absolute Gasteiger partial charge is 0.496 e. The van der Waals surface area contributed by atoms with Crippen LogP contribution in [0.5, 0.6) is 5.75 Å². The molecule has 0 bridgehead atoms. The highest BCUT2D eigenvalue weighted by Gasteiger charge is 2.16. The Morgan fingerprint density at radius 1 is 0.688 bits per heavy atom. The van der Waals surface area contributed by atoms with Gasteiger partial charge < -0.3 is 4.74 Å². The van der Waals surface area contributed by atoms with Crippen LogP contribution in [-0.4, -0.2) is 21.5 Å². The molecule has 0 radical (unpaired) electrons. The van der Waals surface area contributed by atoms with Crippen molar-refractivity contribution in [3.8, 4) is 39.5 Å². The van der Waals surface area contributed by atoms with E-state index >= 15 is 0 Å². The summed E-state index contributed by atoms with van der Waals surface area (Å²) in [6, 6.07) is 22.7. The molecule has 3 aromatic carbocycles. The maximum atomic E-state index is 6.21. The molecule has 0 aliphatic carbocycles. The number of halogens is 3. The SMILES string of the molecule is COc1cc(Cl)ccc1-c1cc(-c2ccc(Cl)cc2)nc2nc(-c3ccc(Cl)cc3)cn12. The lowest BCUT2D eigenvalue weighted by Crippen LogP contribution is -1.98. The lowest BCUT2D eigenvalue weighted by atomic mass is 10.1. The van der Waals surface area contributed by atoms with Crippen molar-refractivity contribution in [3.63, 3.8) is 0 Å². The second-order valence-electron chi connectivity index (χ2n) is 7.18. The summed E-state index contributed by atoms with van der Waals surface area (Å²) in [7, 11) is 1.63.